The van der Waals surface area contributed by atoms with E-state index < -0.39 is 0 Å². The summed E-state index contributed by atoms with van der Waals surface area (Å²) in [5.41, 5.74) is 1.69. The highest BCUT2D eigenvalue weighted by atomic mass is 35.5. The average Bonchev–Trinajstić information content (AvgIpc) is 3.25. The van der Waals surface area contributed by atoms with Gasteiger partial charge in [0.25, 0.3) is 0 Å². The van der Waals surface area contributed by atoms with Crippen molar-refractivity contribution in [2.45, 2.75) is 38.8 Å². The van der Waals surface area contributed by atoms with Crippen LogP contribution in [0.2, 0.25) is 5.02 Å². The van der Waals surface area contributed by atoms with E-state index in [0.717, 1.165) is 67.9 Å². The molecule has 2 saturated heterocycles. The summed E-state index contributed by atoms with van der Waals surface area (Å²) in [5.74, 6) is 2.14. The Balaban J connectivity index is 1.47. The minimum absolute atomic E-state index is 0.185. The molecule has 2 aliphatic rings. The first-order valence-electron chi connectivity index (χ1n) is 11.4. The fourth-order valence-electron chi connectivity index (χ4n) is 4.73. The van der Waals surface area contributed by atoms with Crippen molar-refractivity contribution in [3.63, 3.8) is 0 Å². The highest BCUT2D eigenvalue weighted by Gasteiger charge is 2.29. The molecule has 0 spiro atoms. The third-order valence-electron chi connectivity index (χ3n) is 6.52. The van der Waals surface area contributed by atoms with E-state index in [4.69, 9.17) is 21.6 Å². The predicted octanol–water partition coefficient (Wildman–Crippen LogP) is 4.43. The smallest absolute Gasteiger partial charge is 0.228 e. The van der Waals surface area contributed by atoms with Gasteiger partial charge in [-0.3, -0.25) is 0 Å². The zero-order valence-electron chi connectivity index (χ0n) is 18.8. The summed E-state index contributed by atoms with van der Waals surface area (Å²) in [6, 6.07) is 9.10. The van der Waals surface area contributed by atoms with Crippen molar-refractivity contribution in [1.82, 2.24) is 19.9 Å². The molecule has 1 aromatic carbocycles. The molecule has 33 heavy (non-hydrogen) atoms. The standard InChI is InChI=1S/C24H27ClFN7/c1-16-4-3-9-33(16)24-29-21(18-5-7-19(26)8-6-18)12-22(30-24)32-11-10-31(14-17(32)2)23-20(25)13-27-15-28-23/h5-8,12-13,15-17H,3-4,9-11,14H2,1-2H3/t16-,17-/m1/s1. The van der Waals surface area contributed by atoms with Crippen molar-refractivity contribution in [3.8, 4) is 11.3 Å². The first-order valence-corrected chi connectivity index (χ1v) is 11.8. The molecule has 0 amide bonds. The molecule has 5 rings (SSSR count). The third kappa shape index (κ3) is 4.44. The van der Waals surface area contributed by atoms with E-state index in [-0.39, 0.29) is 11.9 Å². The normalized spacial score (nSPS) is 21.0. The number of aromatic nitrogens is 4. The van der Waals surface area contributed by atoms with Gasteiger partial charge in [0, 0.05) is 49.9 Å². The summed E-state index contributed by atoms with van der Waals surface area (Å²) in [6.45, 7) is 7.65. The molecule has 4 heterocycles. The van der Waals surface area contributed by atoms with Crippen LogP contribution in [-0.2, 0) is 0 Å². The van der Waals surface area contributed by atoms with Crippen molar-refractivity contribution >= 4 is 29.2 Å². The molecule has 0 radical (unpaired) electrons. The number of piperazine rings is 1. The fourth-order valence-corrected chi connectivity index (χ4v) is 4.95. The van der Waals surface area contributed by atoms with Crippen LogP contribution in [0.5, 0.6) is 0 Å². The maximum Gasteiger partial charge on any atom is 0.228 e. The highest BCUT2D eigenvalue weighted by Crippen LogP contribution is 2.31. The molecule has 172 valence electrons. The molecule has 2 aliphatic heterocycles. The van der Waals surface area contributed by atoms with Crippen LogP contribution >= 0.6 is 11.6 Å². The second-order valence-corrected chi connectivity index (χ2v) is 9.19. The maximum atomic E-state index is 13.5. The molecule has 0 saturated carbocycles. The average molecular weight is 468 g/mol. The molecular formula is C24H27ClFN7. The van der Waals surface area contributed by atoms with Gasteiger partial charge >= 0.3 is 0 Å². The van der Waals surface area contributed by atoms with Gasteiger partial charge in [0.15, 0.2) is 5.82 Å². The highest BCUT2D eigenvalue weighted by molar-refractivity contribution is 6.32. The molecule has 9 heteroatoms. The Morgan fingerprint density at radius 2 is 1.82 bits per heavy atom. The molecule has 2 atom stereocenters. The van der Waals surface area contributed by atoms with Crippen LogP contribution in [-0.4, -0.2) is 58.2 Å². The number of halogens is 2. The lowest BCUT2D eigenvalue weighted by atomic mass is 10.1. The first kappa shape index (κ1) is 21.8. The van der Waals surface area contributed by atoms with Crippen molar-refractivity contribution in [2.24, 2.45) is 0 Å². The second-order valence-electron chi connectivity index (χ2n) is 8.79. The lowest BCUT2D eigenvalue weighted by Gasteiger charge is -2.41. The molecule has 0 bridgehead atoms. The molecule has 2 fully saturated rings. The van der Waals surface area contributed by atoms with Gasteiger partial charge in [0.1, 0.15) is 23.0 Å². The summed E-state index contributed by atoms with van der Waals surface area (Å²) >= 11 is 6.33. The van der Waals surface area contributed by atoms with Crippen molar-refractivity contribution in [2.75, 3.05) is 40.9 Å². The van der Waals surface area contributed by atoms with Gasteiger partial charge in [-0.05, 0) is 51.0 Å². The molecular weight excluding hydrogens is 441 g/mol. The van der Waals surface area contributed by atoms with Crippen LogP contribution in [0.25, 0.3) is 11.3 Å². The van der Waals surface area contributed by atoms with Gasteiger partial charge in [0.2, 0.25) is 5.95 Å². The lowest BCUT2D eigenvalue weighted by molar-refractivity contribution is 0.542. The Kier molecular flexibility index (Phi) is 6.01. The Bertz CT molecular complexity index is 1130. The summed E-state index contributed by atoms with van der Waals surface area (Å²) < 4.78 is 13.5. The van der Waals surface area contributed by atoms with E-state index in [2.05, 4.69) is 38.5 Å². The van der Waals surface area contributed by atoms with E-state index in [1.165, 1.54) is 18.5 Å². The first-order chi connectivity index (χ1) is 16.0. The van der Waals surface area contributed by atoms with E-state index in [0.29, 0.717) is 11.1 Å². The summed E-state index contributed by atoms with van der Waals surface area (Å²) in [5, 5.41) is 0.559. The summed E-state index contributed by atoms with van der Waals surface area (Å²) in [6.07, 6.45) is 5.43. The van der Waals surface area contributed by atoms with Gasteiger partial charge in [-0.2, -0.15) is 4.98 Å². The molecule has 0 unspecified atom stereocenters. The van der Waals surface area contributed by atoms with Gasteiger partial charge in [0.05, 0.1) is 11.9 Å². The Morgan fingerprint density at radius 1 is 1.00 bits per heavy atom. The summed E-state index contributed by atoms with van der Waals surface area (Å²) in [7, 11) is 0. The zero-order valence-corrected chi connectivity index (χ0v) is 19.6. The number of nitrogens with zero attached hydrogens (tertiary/aromatic N) is 7. The lowest BCUT2D eigenvalue weighted by Crippen LogP contribution is -2.52. The van der Waals surface area contributed by atoms with Crippen LogP contribution in [0.15, 0.2) is 42.9 Å². The van der Waals surface area contributed by atoms with Crippen LogP contribution in [0, 0.1) is 5.82 Å². The quantitative estimate of drug-likeness (QED) is 0.562. The van der Waals surface area contributed by atoms with E-state index in [1.54, 1.807) is 18.3 Å². The fraction of sp³-hybridized carbons (Fsp3) is 0.417. The second kappa shape index (κ2) is 9.09. The van der Waals surface area contributed by atoms with Crippen LogP contribution in [0.3, 0.4) is 0 Å². The number of anilines is 3. The topological polar surface area (TPSA) is 61.3 Å². The maximum absolute atomic E-state index is 13.5. The van der Waals surface area contributed by atoms with Gasteiger partial charge in [-0.1, -0.05) is 11.6 Å². The predicted molar refractivity (Wildman–Crippen MR) is 130 cm³/mol. The van der Waals surface area contributed by atoms with Gasteiger partial charge < -0.3 is 14.7 Å². The van der Waals surface area contributed by atoms with Crippen molar-refractivity contribution in [3.05, 3.63) is 53.7 Å². The number of rotatable bonds is 4. The monoisotopic (exact) mass is 467 g/mol. The van der Waals surface area contributed by atoms with Gasteiger partial charge in [-0.15, -0.1) is 0 Å². The van der Waals surface area contributed by atoms with Crippen molar-refractivity contribution < 1.29 is 4.39 Å². The van der Waals surface area contributed by atoms with E-state index >= 15 is 0 Å². The number of hydrogen-bond acceptors (Lipinski definition) is 7. The Morgan fingerprint density at radius 3 is 2.52 bits per heavy atom. The van der Waals surface area contributed by atoms with Crippen LogP contribution < -0.4 is 14.7 Å². The van der Waals surface area contributed by atoms with Crippen molar-refractivity contribution in [1.29, 1.82) is 0 Å². The van der Waals surface area contributed by atoms with E-state index in [9.17, 15) is 4.39 Å². The molecule has 0 aliphatic carbocycles. The Hall–Kier alpha value is -3.00. The molecule has 7 nitrogen and oxygen atoms in total. The van der Waals surface area contributed by atoms with Gasteiger partial charge in [-0.25, -0.2) is 19.3 Å². The molecule has 3 aromatic rings. The zero-order chi connectivity index (χ0) is 22.9. The Labute approximate surface area is 198 Å². The largest absolute Gasteiger partial charge is 0.351 e. The third-order valence-corrected chi connectivity index (χ3v) is 6.79. The minimum atomic E-state index is -0.255. The van der Waals surface area contributed by atoms with Crippen LogP contribution in [0.4, 0.5) is 22.0 Å². The number of benzene rings is 1. The molecule has 0 N–H and O–H groups in total. The minimum Gasteiger partial charge on any atom is -0.351 e. The summed E-state index contributed by atoms with van der Waals surface area (Å²) in [4.78, 5) is 25.0. The molecule has 2 aromatic heterocycles. The SMILES string of the molecule is C[C@@H]1CN(c2ncncc2Cl)CCN1c1cc(-c2ccc(F)cc2)nc(N2CCC[C@H]2C)n1. The number of hydrogen-bond donors (Lipinski definition) is 0. The van der Waals surface area contributed by atoms with E-state index in [1.807, 2.05) is 6.07 Å². The van der Waals surface area contributed by atoms with Crippen LogP contribution in [0.1, 0.15) is 26.7 Å².